The maximum atomic E-state index is 12.0. The van der Waals surface area contributed by atoms with Crippen LogP contribution in [0.3, 0.4) is 0 Å². The first-order chi connectivity index (χ1) is 13.2. The molecule has 0 saturated heterocycles. The molecule has 1 saturated carbocycles. The minimum atomic E-state index is -0.730. The minimum Gasteiger partial charge on any atom is -0.465 e. The smallest absolute Gasteiger partial charge is 0.465 e. The number of para-hydroxylation sites is 1. The van der Waals surface area contributed by atoms with Crippen LogP contribution in [-0.2, 0) is 14.3 Å². The van der Waals surface area contributed by atoms with E-state index in [9.17, 15) is 9.59 Å². The highest BCUT2D eigenvalue weighted by atomic mass is 16.7. The molecule has 1 aliphatic rings. The summed E-state index contributed by atoms with van der Waals surface area (Å²) in [7, 11) is 0. The molecule has 0 bridgehead atoms. The molecule has 2 aromatic rings. The highest BCUT2D eigenvalue weighted by Crippen LogP contribution is 2.26. The van der Waals surface area contributed by atoms with Crippen LogP contribution < -0.4 is 9.47 Å². The van der Waals surface area contributed by atoms with E-state index in [0.29, 0.717) is 29.4 Å². The number of carbonyl (C=O) groups is 2. The fourth-order valence-corrected chi connectivity index (χ4v) is 3.02. The van der Waals surface area contributed by atoms with Gasteiger partial charge in [0.25, 0.3) is 6.01 Å². The number of ether oxygens (including phenoxy) is 4. The highest BCUT2D eigenvalue weighted by Gasteiger charge is 2.19. The predicted octanol–water partition coefficient (Wildman–Crippen LogP) is 3.74. The van der Waals surface area contributed by atoms with Crippen molar-refractivity contribution >= 4 is 23.2 Å². The summed E-state index contributed by atoms with van der Waals surface area (Å²) in [5.41, 5.74) is 1.21. The number of nitrogens with zero attached hydrogens (tertiary/aromatic N) is 1. The van der Waals surface area contributed by atoms with E-state index in [1.165, 1.54) is 6.42 Å². The molecule has 0 atom stereocenters. The van der Waals surface area contributed by atoms with Crippen LogP contribution in [0.15, 0.2) is 18.2 Å². The molecule has 0 unspecified atom stereocenters. The third-order valence-corrected chi connectivity index (χ3v) is 4.30. The average molecular weight is 376 g/mol. The molecule has 27 heavy (non-hydrogen) atoms. The molecule has 0 aliphatic heterocycles. The van der Waals surface area contributed by atoms with Crippen molar-refractivity contribution in [3.63, 3.8) is 0 Å². The Bertz CT molecular complexity index is 782. The molecule has 1 heterocycles. The molecule has 3 rings (SSSR count). The second-order valence-electron chi connectivity index (χ2n) is 6.33. The SMILES string of the molecule is CCOc1nc2cccc(OC(=O)CCOC(=O)OC3CCCCC3)c2[nH]1. The van der Waals surface area contributed by atoms with Gasteiger partial charge >= 0.3 is 12.1 Å². The van der Waals surface area contributed by atoms with E-state index in [1.807, 2.05) is 6.92 Å². The van der Waals surface area contributed by atoms with Crippen molar-refractivity contribution in [3.8, 4) is 11.8 Å². The van der Waals surface area contributed by atoms with Gasteiger partial charge in [-0.15, -0.1) is 0 Å². The van der Waals surface area contributed by atoms with Gasteiger partial charge in [0.05, 0.1) is 18.5 Å². The number of nitrogens with one attached hydrogen (secondary N) is 1. The molecule has 1 aromatic carbocycles. The molecular weight excluding hydrogens is 352 g/mol. The fraction of sp³-hybridized carbons (Fsp3) is 0.526. The van der Waals surface area contributed by atoms with Crippen molar-refractivity contribution in [1.29, 1.82) is 0 Å². The number of imidazole rings is 1. The number of hydrogen-bond acceptors (Lipinski definition) is 7. The van der Waals surface area contributed by atoms with Gasteiger partial charge in [0.2, 0.25) is 0 Å². The van der Waals surface area contributed by atoms with Gasteiger partial charge in [-0.1, -0.05) is 12.5 Å². The lowest BCUT2D eigenvalue weighted by molar-refractivity contribution is -0.135. The maximum Gasteiger partial charge on any atom is 0.508 e. The van der Waals surface area contributed by atoms with Crippen LogP contribution in [0.25, 0.3) is 11.0 Å². The summed E-state index contributed by atoms with van der Waals surface area (Å²) in [5.74, 6) is -0.165. The van der Waals surface area contributed by atoms with Crippen LogP contribution in [0.4, 0.5) is 4.79 Å². The molecule has 1 aliphatic carbocycles. The Morgan fingerprint density at radius 2 is 2.04 bits per heavy atom. The van der Waals surface area contributed by atoms with Gasteiger partial charge in [0.1, 0.15) is 18.2 Å². The maximum absolute atomic E-state index is 12.0. The van der Waals surface area contributed by atoms with Crippen molar-refractivity contribution in [2.24, 2.45) is 0 Å². The first-order valence-electron chi connectivity index (χ1n) is 9.31. The van der Waals surface area contributed by atoms with Crippen LogP contribution in [0, 0.1) is 0 Å². The number of hydrogen-bond donors (Lipinski definition) is 1. The van der Waals surface area contributed by atoms with E-state index < -0.39 is 12.1 Å². The van der Waals surface area contributed by atoms with Crippen molar-refractivity contribution in [1.82, 2.24) is 9.97 Å². The van der Waals surface area contributed by atoms with Gasteiger partial charge in [0, 0.05) is 0 Å². The number of aromatic amines is 1. The van der Waals surface area contributed by atoms with Gasteiger partial charge in [-0.25, -0.2) is 4.79 Å². The van der Waals surface area contributed by atoms with E-state index >= 15 is 0 Å². The van der Waals surface area contributed by atoms with Gasteiger partial charge in [-0.3, -0.25) is 4.79 Å². The lowest BCUT2D eigenvalue weighted by atomic mass is 9.98. The van der Waals surface area contributed by atoms with Crippen LogP contribution in [0.5, 0.6) is 11.8 Å². The molecule has 1 aromatic heterocycles. The molecule has 146 valence electrons. The van der Waals surface area contributed by atoms with Crippen LogP contribution in [0.2, 0.25) is 0 Å². The number of rotatable bonds is 7. The van der Waals surface area contributed by atoms with Gasteiger partial charge in [-0.2, -0.15) is 4.98 Å². The Hall–Kier alpha value is -2.77. The Morgan fingerprint density at radius 1 is 1.22 bits per heavy atom. The zero-order valence-corrected chi connectivity index (χ0v) is 15.4. The molecule has 0 radical (unpaired) electrons. The molecule has 1 fully saturated rings. The number of carbonyl (C=O) groups excluding carboxylic acids is 2. The van der Waals surface area contributed by atoms with Crippen molar-refractivity contribution in [2.45, 2.75) is 51.6 Å². The molecular formula is C19H24N2O6. The molecule has 1 N–H and O–H groups in total. The second kappa shape index (κ2) is 9.25. The minimum absolute atomic E-state index is 0.0669. The molecule has 8 nitrogen and oxygen atoms in total. The Labute approximate surface area is 157 Å². The standard InChI is InChI=1S/C19H24N2O6/c1-2-24-18-20-14-9-6-10-15(17(14)21-18)27-16(22)11-12-25-19(23)26-13-7-4-3-5-8-13/h6,9-10,13H,2-5,7-8,11-12H2,1H3,(H,20,21). The Kier molecular flexibility index (Phi) is 6.51. The third-order valence-electron chi connectivity index (χ3n) is 4.30. The first kappa shape index (κ1) is 19.0. The summed E-state index contributed by atoms with van der Waals surface area (Å²) < 4.78 is 20.9. The topological polar surface area (TPSA) is 99.7 Å². The van der Waals surface area contributed by atoms with E-state index in [4.69, 9.17) is 18.9 Å². The zero-order valence-electron chi connectivity index (χ0n) is 15.4. The largest absolute Gasteiger partial charge is 0.508 e. The number of esters is 1. The lowest BCUT2D eigenvalue weighted by Gasteiger charge is -2.21. The second-order valence-corrected chi connectivity index (χ2v) is 6.33. The van der Waals surface area contributed by atoms with E-state index in [1.54, 1.807) is 18.2 Å². The number of aromatic nitrogens is 2. The first-order valence-corrected chi connectivity index (χ1v) is 9.31. The van der Waals surface area contributed by atoms with Gasteiger partial charge in [-0.05, 0) is 44.7 Å². The van der Waals surface area contributed by atoms with Crippen molar-refractivity contribution in [2.75, 3.05) is 13.2 Å². The Morgan fingerprint density at radius 3 is 2.81 bits per heavy atom. The zero-order chi connectivity index (χ0) is 19.1. The lowest BCUT2D eigenvalue weighted by Crippen LogP contribution is -2.22. The van der Waals surface area contributed by atoms with E-state index in [-0.39, 0.29) is 19.1 Å². The normalized spacial score (nSPS) is 14.7. The number of benzene rings is 1. The Balaban J connectivity index is 1.46. The summed E-state index contributed by atoms with van der Waals surface area (Å²) in [6, 6.07) is 5.55. The van der Waals surface area contributed by atoms with Crippen molar-refractivity contribution < 1.29 is 28.5 Å². The van der Waals surface area contributed by atoms with E-state index in [0.717, 1.165) is 25.7 Å². The number of fused-ring (bicyclic) bond motifs is 1. The summed E-state index contributed by atoms with van der Waals surface area (Å²) in [6.45, 7) is 2.24. The molecule has 0 amide bonds. The summed E-state index contributed by atoms with van der Waals surface area (Å²) in [4.78, 5) is 30.9. The number of H-pyrrole nitrogens is 1. The summed E-state index contributed by atoms with van der Waals surface area (Å²) in [5, 5.41) is 0. The fourth-order valence-electron chi connectivity index (χ4n) is 3.02. The molecule has 0 spiro atoms. The van der Waals surface area contributed by atoms with Crippen LogP contribution >= 0.6 is 0 Å². The van der Waals surface area contributed by atoms with Crippen molar-refractivity contribution in [3.05, 3.63) is 18.2 Å². The monoisotopic (exact) mass is 376 g/mol. The highest BCUT2D eigenvalue weighted by molar-refractivity contribution is 5.85. The quantitative estimate of drug-likeness (QED) is 0.580. The van der Waals surface area contributed by atoms with E-state index in [2.05, 4.69) is 9.97 Å². The average Bonchev–Trinajstić information content (AvgIpc) is 3.06. The molecule has 8 heteroatoms. The summed E-state index contributed by atoms with van der Waals surface area (Å²) >= 11 is 0. The van der Waals surface area contributed by atoms with Gasteiger partial charge < -0.3 is 23.9 Å². The van der Waals surface area contributed by atoms with Crippen LogP contribution in [0.1, 0.15) is 45.4 Å². The van der Waals surface area contributed by atoms with Crippen LogP contribution in [-0.4, -0.2) is 41.4 Å². The predicted molar refractivity (Wildman–Crippen MR) is 96.8 cm³/mol. The third kappa shape index (κ3) is 5.35. The summed E-state index contributed by atoms with van der Waals surface area (Å²) in [6.07, 6.45) is 4.17. The van der Waals surface area contributed by atoms with Gasteiger partial charge in [0.15, 0.2) is 5.75 Å².